The molecule has 0 aliphatic rings. The van der Waals surface area contributed by atoms with Crippen molar-refractivity contribution in [3.05, 3.63) is 38.0 Å². The van der Waals surface area contributed by atoms with Gasteiger partial charge in [0.1, 0.15) is 0 Å². The first kappa shape index (κ1) is 14.2. The molecule has 0 fully saturated rings. The second kappa shape index (κ2) is 7.47. The Kier molecular flexibility index (Phi) is 7.06. The van der Waals surface area contributed by atoms with Crippen molar-refractivity contribution < 1.29 is 4.48 Å². The zero-order valence-corrected chi connectivity index (χ0v) is 10.4. The van der Waals surface area contributed by atoms with Crippen molar-refractivity contribution in [1.82, 2.24) is 0 Å². The molecule has 1 heteroatoms. The molecular formula is C14H26N+. The first-order valence-corrected chi connectivity index (χ1v) is 5.89. The lowest BCUT2D eigenvalue weighted by atomic mass is 10.1. The number of nitrogens with zero attached hydrogens (tertiary/aromatic N) is 1. The van der Waals surface area contributed by atoms with Gasteiger partial charge in [-0.3, -0.25) is 0 Å². The van der Waals surface area contributed by atoms with Crippen LogP contribution in [0, 0.1) is 0 Å². The van der Waals surface area contributed by atoms with E-state index in [1.165, 1.54) is 12.8 Å². The van der Waals surface area contributed by atoms with Crippen molar-refractivity contribution in [3.63, 3.8) is 0 Å². The molecule has 0 spiro atoms. The maximum atomic E-state index is 3.88. The van der Waals surface area contributed by atoms with Crippen molar-refractivity contribution in [1.29, 1.82) is 0 Å². The molecule has 0 aromatic carbocycles. The standard InChI is InChI=1S/C14H26N/c1-6-11-15(12-7-2,13-8-3)14(9-4)10-5/h6-8,14H,1-3,9-13H2,4-5H3/q+1. The molecule has 0 radical (unpaired) electrons. The summed E-state index contributed by atoms with van der Waals surface area (Å²) in [4.78, 5) is 0. The minimum absolute atomic E-state index is 0.680. The van der Waals surface area contributed by atoms with Gasteiger partial charge < -0.3 is 4.48 Å². The normalized spacial score (nSPS) is 11.4. The fourth-order valence-corrected chi connectivity index (χ4v) is 2.51. The predicted octanol–water partition coefficient (Wildman–Crippen LogP) is 3.55. The van der Waals surface area contributed by atoms with E-state index in [0.717, 1.165) is 24.1 Å². The summed E-state index contributed by atoms with van der Waals surface area (Å²) in [6.07, 6.45) is 8.46. The van der Waals surface area contributed by atoms with Gasteiger partial charge in [-0.1, -0.05) is 33.6 Å². The van der Waals surface area contributed by atoms with Gasteiger partial charge in [0, 0.05) is 0 Å². The van der Waals surface area contributed by atoms with Crippen LogP contribution in [0.3, 0.4) is 0 Å². The Bertz CT molecular complexity index is 175. The highest BCUT2D eigenvalue weighted by atomic mass is 15.4. The Hall–Kier alpha value is -0.820. The zero-order valence-electron chi connectivity index (χ0n) is 10.4. The molecular weight excluding hydrogens is 182 g/mol. The third-order valence-electron chi connectivity index (χ3n) is 3.20. The summed E-state index contributed by atoms with van der Waals surface area (Å²) in [6.45, 7) is 19.2. The quantitative estimate of drug-likeness (QED) is 0.401. The third kappa shape index (κ3) is 3.67. The molecule has 0 aromatic heterocycles. The molecule has 0 heterocycles. The fraction of sp³-hybridized carbons (Fsp3) is 0.571. The van der Waals surface area contributed by atoms with Gasteiger partial charge in [0.15, 0.2) is 0 Å². The van der Waals surface area contributed by atoms with Gasteiger partial charge in [0.2, 0.25) is 0 Å². The lowest BCUT2D eigenvalue weighted by molar-refractivity contribution is -0.936. The molecule has 0 saturated carbocycles. The fourth-order valence-electron chi connectivity index (χ4n) is 2.51. The third-order valence-corrected chi connectivity index (χ3v) is 3.20. The second-order valence-corrected chi connectivity index (χ2v) is 4.10. The van der Waals surface area contributed by atoms with E-state index in [1.807, 2.05) is 18.2 Å². The number of hydrogen-bond acceptors (Lipinski definition) is 0. The van der Waals surface area contributed by atoms with E-state index in [0.29, 0.717) is 6.04 Å². The van der Waals surface area contributed by atoms with Crippen molar-refractivity contribution in [2.75, 3.05) is 19.6 Å². The van der Waals surface area contributed by atoms with Crippen LogP contribution in [0.1, 0.15) is 26.7 Å². The summed E-state index contributed by atoms with van der Waals surface area (Å²) in [5.41, 5.74) is 0. The van der Waals surface area contributed by atoms with Crippen LogP contribution in [0.4, 0.5) is 0 Å². The summed E-state index contributed by atoms with van der Waals surface area (Å²) < 4.78 is 1.03. The average Bonchev–Trinajstić information content (AvgIpc) is 2.20. The Morgan fingerprint density at radius 2 is 1.20 bits per heavy atom. The van der Waals surface area contributed by atoms with Gasteiger partial charge in [0.25, 0.3) is 0 Å². The lowest BCUT2D eigenvalue weighted by Crippen LogP contribution is -2.55. The molecule has 86 valence electrons. The van der Waals surface area contributed by atoms with Crippen LogP contribution in [0.25, 0.3) is 0 Å². The maximum Gasteiger partial charge on any atom is 0.0978 e. The van der Waals surface area contributed by atoms with Gasteiger partial charge in [-0.15, -0.1) is 0 Å². The molecule has 0 atom stereocenters. The molecule has 0 aromatic rings. The van der Waals surface area contributed by atoms with Gasteiger partial charge >= 0.3 is 0 Å². The summed E-state index contributed by atoms with van der Waals surface area (Å²) in [7, 11) is 0. The smallest absolute Gasteiger partial charge is 0.0978 e. The van der Waals surface area contributed by atoms with E-state index < -0.39 is 0 Å². The SMILES string of the molecule is C=CC[N+](CC=C)(CC=C)C(CC)CC. The van der Waals surface area contributed by atoms with Crippen molar-refractivity contribution in [3.8, 4) is 0 Å². The van der Waals surface area contributed by atoms with Crippen molar-refractivity contribution in [2.24, 2.45) is 0 Å². The summed E-state index contributed by atoms with van der Waals surface area (Å²) >= 11 is 0. The zero-order chi connectivity index (χ0) is 11.7. The molecule has 0 saturated heterocycles. The highest BCUT2D eigenvalue weighted by molar-refractivity contribution is 4.78. The van der Waals surface area contributed by atoms with Gasteiger partial charge in [-0.2, -0.15) is 0 Å². The number of rotatable bonds is 9. The van der Waals surface area contributed by atoms with E-state index in [4.69, 9.17) is 0 Å². The highest BCUT2D eigenvalue weighted by Gasteiger charge is 2.30. The average molecular weight is 208 g/mol. The van der Waals surface area contributed by atoms with Crippen molar-refractivity contribution >= 4 is 0 Å². The van der Waals surface area contributed by atoms with E-state index in [2.05, 4.69) is 33.6 Å². The highest BCUT2D eigenvalue weighted by Crippen LogP contribution is 2.20. The minimum Gasteiger partial charge on any atom is -0.311 e. The van der Waals surface area contributed by atoms with E-state index in [1.54, 1.807) is 0 Å². The molecule has 0 bridgehead atoms. The lowest BCUT2D eigenvalue weighted by Gasteiger charge is -2.42. The van der Waals surface area contributed by atoms with Crippen LogP contribution in [-0.2, 0) is 0 Å². The van der Waals surface area contributed by atoms with E-state index in [9.17, 15) is 0 Å². The number of quaternary nitrogens is 1. The Labute approximate surface area is 95.4 Å². The molecule has 0 amide bonds. The molecule has 0 N–H and O–H groups in total. The Balaban J connectivity index is 4.94. The maximum absolute atomic E-state index is 3.88. The molecule has 15 heavy (non-hydrogen) atoms. The summed E-state index contributed by atoms with van der Waals surface area (Å²) in [5, 5.41) is 0. The van der Waals surface area contributed by atoms with Gasteiger partial charge in [-0.25, -0.2) is 0 Å². The summed E-state index contributed by atoms with van der Waals surface area (Å²) in [5.74, 6) is 0. The molecule has 0 aliphatic heterocycles. The topological polar surface area (TPSA) is 0 Å². The van der Waals surface area contributed by atoms with Crippen LogP contribution in [-0.4, -0.2) is 30.2 Å². The predicted molar refractivity (Wildman–Crippen MR) is 69.8 cm³/mol. The molecule has 1 nitrogen and oxygen atoms in total. The summed E-state index contributed by atoms with van der Waals surface area (Å²) in [6, 6.07) is 0.680. The first-order valence-electron chi connectivity index (χ1n) is 5.89. The largest absolute Gasteiger partial charge is 0.311 e. The van der Waals surface area contributed by atoms with Crippen LogP contribution >= 0.6 is 0 Å². The van der Waals surface area contributed by atoms with Crippen LogP contribution < -0.4 is 0 Å². The van der Waals surface area contributed by atoms with Crippen LogP contribution in [0.5, 0.6) is 0 Å². The second-order valence-electron chi connectivity index (χ2n) is 4.10. The molecule has 0 unspecified atom stereocenters. The van der Waals surface area contributed by atoms with Crippen molar-refractivity contribution in [2.45, 2.75) is 32.7 Å². The van der Waals surface area contributed by atoms with Crippen LogP contribution in [0.15, 0.2) is 38.0 Å². The first-order chi connectivity index (χ1) is 7.20. The monoisotopic (exact) mass is 208 g/mol. The van der Waals surface area contributed by atoms with E-state index >= 15 is 0 Å². The minimum atomic E-state index is 0.680. The number of hydrogen-bond donors (Lipinski definition) is 0. The Morgan fingerprint density at radius 1 is 0.867 bits per heavy atom. The molecule has 0 rings (SSSR count). The van der Waals surface area contributed by atoms with E-state index in [-0.39, 0.29) is 0 Å². The van der Waals surface area contributed by atoms with Gasteiger partial charge in [0.05, 0.1) is 25.7 Å². The van der Waals surface area contributed by atoms with Crippen LogP contribution in [0.2, 0.25) is 0 Å². The molecule has 0 aliphatic carbocycles. The Morgan fingerprint density at radius 3 is 1.40 bits per heavy atom. The van der Waals surface area contributed by atoms with Gasteiger partial charge in [-0.05, 0) is 31.1 Å².